The number of carbonyl (C=O) groups is 2. The number of rotatable bonds is 78. The summed E-state index contributed by atoms with van der Waals surface area (Å²) in [7, 11) is -4.41. The second-order valence-corrected chi connectivity index (χ2v) is 29.0. The fourth-order valence-electron chi connectivity index (χ4n) is 11.6. The number of allylic oxidation sites excluding steroid dienone is 30. The number of nitrogens with two attached hydrogens (primary N) is 1. The summed E-state index contributed by atoms with van der Waals surface area (Å²) in [5.41, 5.74) is 5.42. The molecule has 0 rings (SSSR count). The minimum Gasteiger partial charge on any atom is -0.462 e. The minimum atomic E-state index is -4.41. The maximum absolute atomic E-state index is 12.8. The largest absolute Gasteiger partial charge is 0.472 e. The van der Waals surface area contributed by atoms with Gasteiger partial charge in [0, 0.05) is 19.4 Å². The van der Waals surface area contributed by atoms with Gasteiger partial charge in [0.15, 0.2) is 6.10 Å². The van der Waals surface area contributed by atoms with E-state index in [0.717, 1.165) is 148 Å². The van der Waals surface area contributed by atoms with Gasteiger partial charge in [0.1, 0.15) is 6.61 Å². The number of phosphoric ester groups is 1. The van der Waals surface area contributed by atoms with Crippen LogP contribution in [0.4, 0.5) is 0 Å². The lowest BCUT2D eigenvalue weighted by Gasteiger charge is -2.19. The van der Waals surface area contributed by atoms with Crippen LogP contribution in [0.3, 0.4) is 0 Å². The molecule has 0 aromatic heterocycles. The molecule has 2 atom stereocenters. The van der Waals surface area contributed by atoms with Crippen molar-refractivity contribution >= 4 is 19.8 Å². The fourth-order valence-corrected chi connectivity index (χ4v) is 12.4. The van der Waals surface area contributed by atoms with E-state index in [2.05, 4.69) is 196 Å². The van der Waals surface area contributed by atoms with E-state index < -0.39 is 26.5 Å². The predicted octanol–water partition coefficient (Wildman–Crippen LogP) is 29.0. The zero-order valence-corrected chi connectivity index (χ0v) is 67.1. The lowest BCUT2D eigenvalue weighted by Crippen LogP contribution is -2.29. The highest BCUT2D eigenvalue weighted by Crippen LogP contribution is 2.43. The lowest BCUT2D eigenvalue weighted by atomic mass is 10.0. The number of esters is 2. The molecule has 0 saturated heterocycles. The summed E-state index contributed by atoms with van der Waals surface area (Å²) in [4.78, 5) is 35.5. The SMILES string of the molecule is CC/C=C\C/C=C\C/C=C\C/C=C\C/C=C\C/C=C\C/C=C\C/C=C\C/C=C\C/C=C\C/C=C\CCCCCCCCCC(=O)OC(COC(=O)CCCCCCCCCCCCCCCCCCCCCCCCCCCCCC/C=C\C/C=C\C/C=C\C/C=C\CC)COP(=O)(O)OCCN. The Labute approximate surface area is 634 Å². The number of carbonyl (C=O) groups excluding carboxylic acids is 2. The van der Waals surface area contributed by atoms with Gasteiger partial charge >= 0.3 is 19.8 Å². The van der Waals surface area contributed by atoms with E-state index in [0.29, 0.717) is 6.42 Å². The Kier molecular flexibility index (Phi) is 81.9. The van der Waals surface area contributed by atoms with Crippen molar-refractivity contribution in [2.75, 3.05) is 26.4 Å². The molecule has 0 bridgehead atoms. The number of phosphoric acid groups is 1. The smallest absolute Gasteiger partial charge is 0.462 e. The highest BCUT2D eigenvalue weighted by Gasteiger charge is 2.26. The molecular weight excluding hydrogens is 1290 g/mol. The van der Waals surface area contributed by atoms with Gasteiger partial charge in [0.25, 0.3) is 0 Å². The molecule has 10 heteroatoms. The molecule has 9 nitrogen and oxygen atoms in total. The molecule has 0 aliphatic rings. The summed E-state index contributed by atoms with van der Waals surface area (Å²) in [6.45, 7) is 3.53. The monoisotopic (exact) mass is 1450 g/mol. The van der Waals surface area contributed by atoms with E-state index in [1.54, 1.807) is 0 Å². The fraction of sp³-hybridized carbons (Fsp3) is 0.656. The Bertz CT molecular complexity index is 2360. The number of ether oxygens (including phenoxy) is 2. The maximum atomic E-state index is 12.8. The van der Waals surface area contributed by atoms with Crippen LogP contribution in [0.15, 0.2) is 182 Å². The van der Waals surface area contributed by atoms with Crippen molar-refractivity contribution in [3.05, 3.63) is 182 Å². The molecule has 0 spiro atoms. The summed E-state index contributed by atoms with van der Waals surface area (Å²) in [6, 6.07) is 0. The number of hydrogen-bond acceptors (Lipinski definition) is 8. The van der Waals surface area contributed by atoms with Crippen molar-refractivity contribution in [2.24, 2.45) is 5.73 Å². The summed E-state index contributed by atoms with van der Waals surface area (Å²) in [5.74, 6) is -0.837. The van der Waals surface area contributed by atoms with Crippen molar-refractivity contribution in [2.45, 2.75) is 367 Å². The summed E-state index contributed by atoms with van der Waals surface area (Å²) < 4.78 is 33.3. The lowest BCUT2D eigenvalue weighted by molar-refractivity contribution is -0.161. The average molecular weight is 1450 g/mol. The predicted molar refractivity (Wildman–Crippen MR) is 449 cm³/mol. The third-order valence-electron chi connectivity index (χ3n) is 17.8. The van der Waals surface area contributed by atoms with Crippen molar-refractivity contribution in [3.63, 3.8) is 0 Å². The molecule has 3 N–H and O–H groups in total. The molecule has 103 heavy (non-hydrogen) atoms. The van der Waals surface area contributed by atoms with Crippen LogP contribution in [-0.4, -0.2) is 49.3 Å². The van der Waals surface area contributed by atoms with Crippen LogP contribution in [0.25, 0.3) is 0 Å². The Morgan fingerprint density at radius 1 is 0.291 bits per heavy atom. The molecule has 2 unspecified atom stereocenters. The third-order valence-corrected chi connectivity index (χ3v) is 18.8. The van der Waals surface area contributed by atoms with E-state index >= 15 is 0 Å². The van der Waals surface area contributed by atoms with E-state index in [1.807, 2.05) is 0 Å². The summed E-state index contributed by atoms with van der Waals surface area (Å²) in [6.07, 6.45) is 129. The molecule has 0 aromatic rings. The van der Waals surface area contributed by atoms with Crippen molar-refractivity contribution < 1.29 is 37.6 Å². The second-order valence-electron chi connectivity index (χ2n) is 27.6. The van der Waals surface area contributed by atoms with Crippen LogP contribution in [-0.2, 0) is 32.7 Å². The van der Waals surface area contributed by atoms with Gasteiger partial charge in [-0.2, -0.15) is 0 Å². The van der Waals surface area contributed by atoms with E-state index in [-0.39, 0.29) is 38.6 Å². The first-order chi connectivity index (χ1) is 50.8. The molecule has 0 aliphatic carbocycles. The van der Waals surface area contributed by atoms with Gasteiger partial charge in [-0.15, -0.1) is 0 Å². The van der Waals surface area contributed by atoms with E-state index in [4.69, 9.17) is 24.3 Å². The molecule has 0 radical (unpaired) electrons. The Morgan fingerprint density at radius 2 is 0.505 bits per heavy atom. The van der Waals surface area contributed by atoms with Crippen molar-refractivity contribution in [3.8, 4) is 0 Å². The molecule has 0 amide bonds. The van der Waals surface area contributed by atoms with E-state index in [1.165, 1.54) is 180 Å². The summed E-state index contributed by atoms with van der Waals surface area (Å²) in [5, 5.41) is 0. The van der Waals surface area contributed by atoms with Crippen molar-refractivity contribution in [1.82, 2.24) is 0 Å². The highest BCUT2D eigenvalue weighted by atomic mass is 31.2. The quantitative estimate of drug-likeness (QED) is 0.0264. The average Bonchev–Trinajstić information content (AvgIpc) is 0.970. The molecule has 0 fully saturated rings. The topological polar surface area (TPSA) is 134 Å². The molecule has 0 saturated carbocycles. The zero-order chi connectivity index (χ0) is 74.3. The standard InChI is InChI=1S/C93H156NO8P/c1-3-5-7-9-11-13-15-17-19-21-23-25-27-29-31-33-35-37-39-41-43-45-47-49-51-53-55-57-59-61-63-65-67-69-71-73-75-77-79-81-83-85-92(95)99-89-91(90-101-103(97,98)100-88-87-94)102-93(96)86-84-82-80-78-76-74-72-70-68-66-64-62-60-58-56-54-52-50-48-46-44-42-40-38-36-34-32-30-28-26-24-22-20-18-16-14-12-10-8-6-4-2/h5-8,11-14,17-20,23-26,30,32,36,38,42,44,48,50,54,56,60,62,66,68,91H,3-4,9-10,15-16,21-22,27-29,31,33-35,37,39-41,43,45-47,49,51-53,55,57-59,61,63-65,67,69-90,94H2,1-2H3,(H,97,98)/b7-5-,8-6-,13-11-,14-12-,19-17-,20-18-,25-23-,26-24-,32-30-,38-36-,44-42-,50-48-,56-54-,62-60-,68-66-. The van der Waals surface area contributed by atoms with Gasteiger partial charge in [0.05, 0.1) is 13.2 Å². The van der Waals surface area contributed by atoms with Gasteiger partial charge in [-0.1, -0.05) is 395 Å². The van der Waals surface area contributed by atoms with Gasteiger partial charge in [0.2, 0.25) is 0 Å². The van der Waals surface area contributed by atoms with Crippen LogP contribution in [0.5, 0.6) is 0 Å². The number of hydrogen-bond donors (Lipinski definition) is 2. The molecule has 0 heterocycles. The van der Waals surface area contributed by atoms with Gasteiger partial charge in [-0.3, -0.25) is 18.6 Å². The first-order valence-corrected chi connectivity index (χ1v) is 43.8. The minimum absolute atomic E-state index is 0.0452. The highest BCUT2D eigenvalue weighted by molar-refractivity contribution is 7.47. The van der Waals surface area contributed by atoms with Crippen LogP contribution < -0.4 is 5.73 Å². The molecule has 586 valence electrons. The van der Waals surface area contributed by atoms with E-state index in [9.17, 15) is 19.0 Å². The second kappa shape index (κ2) is 86.0. The molecular formula is C93H156NO8P. The van der Waals surface area contributed by atoms with Crippen LogP contribution >= 0.6 is 7.82 Å². The molecule has 0 aliphatic heterocycles. The van der Waals surface area contributed by atoms with Crippen LogP contribution in [0.1, 0.15) is 361 Å². The van der Waals surface area contributed by atoms with Gasteiger partial charge < -0.3 is 20.1 Å². The van der Waals surface area contributed by atoms with Crippen molar-refractivity contribution in [1.29, 1.82) is 0 Å². The van der Waals surface area contributed by atoms with Gasteiger partial charge in [-0.25, -0.2) is 4.57 Å². The zero-order valence-electron chi connectivity index (χ0n) is 66.2. The normalized spacial score (nSPS) is 13.8. The number of unbranched alkanes of at least 4 members (excludes halogenated alkanes) is 35. The third kappa shape index (κ3) is 85.9. The summed E-state index contributed by atoms with van der Waals surface area (Å²) >= 11 is 0. The first-order valence-electron chi connectivity index (χ1n) is 42.3. The molecule has 0 aromatic carbocycles. The Balaban J connectivity index is 3.86. The van der Waals surface area contributed by atoms with Crippen LogP contribution in [0, 0.1) is 0 Å². The maximum Gasteiger partial charge on any atom is 0.472 e. The Morgan fingerprint density at radius 3 is 0.748 bits per heavy atom. The van der Waals surface area contributed by atoms with Gasteiger partial charge in [-0.05, 0) is 135 Å². The first kappa shape index (κ1) is 98.1. The Hall–Kier alpha value is -4.89. The van der Waals surface area contributed by atoms with Crippen LogP contribution in [0.2, 0.25) is 0 Å².